The van der Waals surface area contributed by atoms with Crippen molar-refractivity contribution < 1.29 is 4.79 Å². The Morgan fingerprint density at radius 1 is 1.19 bits per heavy atom. The number of hydrogen-bond donors (Lipinski definition) is 2. The molecule has 0 spiro atoms. The Balaban J connectivity index is 1.36. The van der Waals surface area contributed by atoms with Gasteiger partial charge < -0.3 is 15.2 Å². The number of anilines is 1. The fourth-order valence-corrected chi connectivity index (χ4v) is 3.98. The van der Waals surface area contributed by atoms with Crippen LogP contribution in [0.25, 0.3) is 11.0 Å². The van der Waals surface area contributed by atoms with E-state index in [-0.39, 0.29) is 6.03 Å². The second kappa shape index (κ2) is 7.64. The molecule has 1 aliphatic rings. The van der Waals surface area contributed by atoms with Gasteiger partial charge in [-0.1, -0.05) is 6.07 Å². The first kappa shape index (κ1) is 17.9. The van der Waals surface area contributed by atoms with Crippen LogP contribution in [0, 0.1) is 6.92 Å². The maximum Gasteiger partial charge on any atom is 0.321 e. The van der Waals surface area contributed by atoms with Gasteiger partial charge in [-0.25, -0.2) is 9.78 Å². The molecule has 1 fully saturated rings. The molecule has 0 unspecified atom stereocenters. The molecule has 6 heteroatoms. The van der Waals surface area contributed by atoms with Gasteiger partial charge in [-0.05, 0) is 68.0 Å². The van der Waals surface area contributed by atoms with Crippen LogP contribution in [-0.2, 0) is 0 Å². The minimum Gasteiger partial charge on any atom is -0.342 e. The van der Waals surface area contributed by atoms with E-state index in [2.05, 4.69) is 35.4 Å². The number of imidazole rings is 1. The predicted molar refractivity (Wildman–Crippen MR) is 112 cm³/mol. The third-order valence-electron chi connectivity index (χ3n) is 5.17. The van der Waals surface area contributed by atoms with Crippen LogP contribution in [0.1, 0.15) is 30.1 Å². The van der Waals surface area contributed by atoms with Crippen LogP contribution in [0.15, 0.2) is 47.4 Å². The highest BCUT2D eigenvalue weighted by atomic mass is 32.2. The third kappa shape index (κ3) is 3.95. The summed E-state index contributed by atoms with van der Waals surface area (Å²) in [6.45, 7) is 3.58. The summed E-state index contributed by atoms with van der Waals surface area (Å²) in [6.07, 6.45) is 3.90. The number of carbonyl (C=O) groups is 1. The Bertz CT molecular complexity index is 942. The highest BCUT2D eigenvalue weighted by Crippen LogP contribution is 2.28. The average Bonchev–Trinajstić information content (AvgIpc) is 3.12. The lowest BCUT2D eigenvalue weighted by atomic mass is 9.96. The average molecular weight is 381 g/mol. The number of aromatic nitrogens is 2. The molecule has 0 saturated carbocycles. The van der Waals surface area contributed by atoms with Gasteiger partial charge in [-0.2, -0.15) is 0 Å². The third-order valence-corrected chi connectivity index (χ3v) is 5.91. The Labute approximate surface area is 163 Å². The van der Waals surface area contributed by atoms with E-state index in [1.807, 2.05) is 35.4 Å². The summed E-state index contributed by atoms with van der Waals surface area (Å²) in [5.41, 5.74) is 4.19. The minimum absolute atomic E-state index is 0.0226. The number of nitrogens with one attached hydrogen (secondary N) is 2. The summed E-state index contributed by atoms with van der Waals surface area (Å²) in [7, 11) is 0. The minimum atomic E-state index is -0.0226. The molecule has 0 atom stereocenters. The molecule has 3 aromatic rings. The summed E-state index contributed by atoms with van der Waals surface area (Å²) in [5.74, 6) is 1.42. The van der Waals surface area contributed by atoms with Gasteiger partial charge in [0.1, 0.15) is 5.82 Å². The molecular formula is C21H24N4OS. The largest absolute Gasteiger partial charge is 0.342 e. The van der Waals surface area contributed by atoms with Gasteiger partial charge in [0.2, 0.25) is 0 Å². The van der Waals surface area contributed by atoms with Crippen molar-refractivity contribution >= 4 is 34.5 Å². The number of aromatic amines is 1. The zero-order chi connectivity index (χ0) is 18.8. The smallest absolute Gasteiger partial charge is 0.321 e. The lowest BCUT2D eigenvalue weighted by Gasteiger charge is -2.31. The molecule has 1 aromatic heterocycles. The quantitative estimate of drug-likeness (QED) is 0.628. The maximum atomic E-state index is 12.5. The monoisotopic (exact) mass is 380 g/mol. The van der Waals surface area contributed by atoms with Crippen molar-refractivity contribution in [1.82, 2.24) is 14.9 Å². The van der Waals surface area contributed by atoms with Crippen LogP contribution in [0.3, 0.4) is 0 Å². The number of nitrogens with zero attached hydrogens (tertiary/aromatic N) is 2. The highest BCUT2D eigenvalue weighted by molar-refractivity contribution is 7.98. The van der Waals surface area contributed by atoms with E-state index < -0.39 is 0 Å². The van der Waals surface area contributed by atoms with Gasteiger partial charge in [-0.15, -0.1) is 11.8 Å². The predicted octanol–water partition coefficient (Wildman–Crippen LogP) is 5.00. The van der Waals surface area contributed by atoms with Crippen LogP contribution in [0.2, 0.25) is 0 Å². The van der Waals surface area contributed by atoms with E-state index in [1.165, 1.54) is 10.5 Å². The summed E-state index contributed by atoms with van der Waals surface area (Å²) in [4.78, 5) is 23.8. The molecule has 2 heterocycles. The number of urea groups is 1. The molecule has 1 saturated heterocycles. The van der Waals surface area contributed by atoms with Crippen LogP contribution in [-0.4, -0.2) is 40.2 Å². The molecule has 1 aliphatic heterocycles. The number of carbonyl (C=O) groups excluding carboxylic acids is 1. The standard InChI is InChI=1S/C21H24N4OS/c1-14-3-8-18-19(13-14)24-20(23-18)15-9-11-25(12-10-15)21(26)22-16-4-6-17(27-2)7-5-16/h3-8,13,15H,9-12H2,1-2H3,(H,22,26)(H,23,24). The number of aryl methyl sites for hydroxylation is 1. The summed E-state index contributed by atoms with van der Waals surface area (Å²) < 4.78 is 0. The van der Waals surface area contributed by atoms with Crippen LogP contribution in [0.5, 0.6) is 0 Å². The normalized spacial score (nSPS) is 15.3. The van der Waals surface area contributed by atoms with Crippen molar-refractivity contribution in [2.75, 3.05) is 24.7 Å². The van der Waals surface area contributed by atoms with E-state index in [1.54, 1.807) is 11.8 Å². The lowest BCUT2D eigenvalue weighted by molar-refractivity contribution is 0.193. The molecule has 140 valence electrons. The number of H-pyrrole nitrogens is 1. The molecule has 2 aromatic carbocycles. The maximum absolute atomic E-state index is 12.5. The van der Waals surface area contributed by atoms with E-state index in [9.17, 15) is 4.79 Å². The summed E-state index contributed by atoms with van der Waals surface area (Å²) in [5, 5.41) is 3.00. The number of likely N-dealkylation sites (tertiary alicyclic amines) is 1. The summed E-state index contributed by atoms with van der Waals surface area (Å²) in [6, 6.07) is 14.2. The van der Waals surface area contributed by atoms with Gasteiger partial charge in [0, 0.05) is 29.6 Å². The van der Waals surface area contributed by atoms with Gasteiger partial charge in [-0.3, -0.25) is 0 Å². The first-order valence-corrected chi connectivity index (χ1v) is 10.5. The molecule has 27 heavy (non-hydrogen) atoms. The van der Waals surface area contributed by atoms with Crippen molar-refractivity contribution in [1.29, 1.82) is 0 Å². The highest BCUT2D eigenvalue weighted by Gasteiger charge is 2.25. The molecule has 5 nitrogen and oxygen atoms in total. The first-order valence-electron chi connectivity index (χ1n) is 9.28. The first-order chi connectivity index (χ1) is 13.1. The van der Waals surface area contributed by atoms with Crippen molar-refractivity contribution in [3.63, 3.8) is 0 Å². The Kier molecular flexibility index (Phi) is 5.07. The second-order valence-corrected chi connectivity index (χ2v) is 7.94. The van der Waals surface area contributed by atoms with Crippen LogP contribution in [0.4, 0.5) is 10.5 Å². The van der Waals surface area contributed by atoms with Crippen LogP contribution >= 0.6 is 11.8 Å². The fourth-order valence-electron chi connectivity index (χ4n) is 3.57. The molecule has 4 rings (SSSR count). The van der Waals surface area contributed by atoms with Crippen LogP contribution < -0.4 is 5.32 Å². The number of rotatable bonds is 3. The van der Waals surface area contributed by atoms with E-state index in [0.29, 0.717) is 5.92 Å². The number of hydrogen-bond acceptors (Lipinski definition) is 3. The van der Waals surface area contributed by atoms with Crippen molar-refractivity contribution in [2.24, 2.45) is 0 Å². The van der Waals surface area contributed by atoms with Gasteiger partial charge in [0.05, 0.1) is 11.0 Å². The zero-order valence-corrected chi connectivity index (χ0v) is 16.5. The molecular weight excluding hydrogens is 356 g/mol. The molecule has 2 N–H and O–H groups in total. The van der Waals surface area contributed by atoms with Crippen molar-refractivity contribution in [3.8, 4) is 0 Å². The molecule has 0 radical (unpaired) electrons. The van der Waals surface area contributed by atoms with E-state index in [0.717, 1.165) is 48.5 Å². The number of thioether (sulfide) groups is 1. The Morgan fingerprint density at radius 2 is 1.93 bits per heavy atom. The summed E-state index contributed by atoms with van der Waals surface area (Å²) >= 11 is 1.69. The van der Waals surface area contributed by atoms with Gasteiger partial charge in [0.15, 0.2) is 0 Å². The number of piperidine rings is 1. The van der Waals surface area contributed by atoms with Gasteiger partial charge >= 0.3 is 6.03 Å². The number of benzene rings is 2. The SMILES string of the molecule is CSc1ccc(NC(=O)N2CCC(c3nc4ccc(C)cc4[nH]3)CC2)cc1. The Hall–Kier alpha value is -2.47. The van der Waals surface area contributed by atoms with Crippen molar-refractivity contribution in [2.45, 2.75) is 30.6 Å². The lowest BCUT2D eigenvalue weighted by Crippen LogP contribution is -2.40. The topological polar surface area (TPSA) is 61.0 Å². The van der Waals surface area contributed by atoms with E-state index in [4.69, 9.17) is 4.98 Å². The molecule has 0 bridgehead atoms. The second-order valence-electron chi connectivity index (χ2n) is 7.06. The zero-order valence-electron chi connectivity index (χ0n) is 15.7. The fraction of sp³-hybridized carbons (Fsp3) is 0.333. The molecule has 0 aliphatic carbocycles. The molecule has 2 amide bonds. The Morgan fingerprint density at radius 3 is 2.63 bits per heavy atom. The number of amides is 2. The van der Waals surface area contributed by atoms with Crippen molar-refractivity contribution in [3.05, 3.63) is 53.9 Å². The van der Waals surface area contributed by atoms with E-state index >= 15 is 0 Å². The van der Waals surface area contributed by atoms with Gasteiger partial charge in [0.25, 0.3) is 0 Å². The number of fused-ring (bicyclic) bond motifs is 1.